The summed E-state index contributed by atoms with van der Waals surface area (Å²) in [6, 6.07) is 13.0. The number of amides is 1. The molecular weight excluding hydrogens is 378 g/mol. The maximum atomic E-state index is 12.8. The minimum absolute atomic E-state index is 0.194. The van der Waals surface area contributed by atoms with Crippen LogP contribution in [0, 0.1) is 0 Å². The first-order valence-electron chi connectivity index (χ1n) is 8.53. The van der Waals surface area contributed by atoms with Crippen LogP contribution < -0.4 is 19.5 Å². The van der Waals surface area contributed by atoms with Gasteiger partial charge in [0.15, 0.2) is 16.5 Å². The first kappa shape index (κ1) is 16.6. The second kappa shape index (κ2) is 6.58. The summed E-state index contributed by atoms with van der Waals surface area (Å²) < 4.78 is 17.7. The number of hydrogen-bond acceptors (Lipinski definition) is 6. The molecule has 8 heteroatoms. The Labute approximate surface area is 164 Å². The number of rotatable bonds is 4. The molecule has 1 amide bonds. The molecule has 0 saturated heterocycles. The van der Waals surface area contributed by atoms with Crippen molar-refractivity contribution in [2.75, 3.05) is 19.2 Å². The number of aromatic nitrogens is 2. The molecule has 1 N–H and O–H groups in total. The van der Waals surface area contributed by atoms with Crippen LogP contribution in [0.1, 0.15) is 10.5 Å². The number of benzene rings is 2. The number of ether oxygens (including phenoxy) is 3. The Morgan fingerprint density at radius 2 is 2.11 bits per heavy atom. The molecule has 0 bridgehead atoms. The zero-order valence-corrected chi connectivity index (χ0v) is 15.7. The second-order valence-electron chi connectivity index (χ2n) is 6.15. The van der Waals surface area contributed by atoms with E-state index in [0.717, 1.165) is 22.0 Å². The standard InChI is InChI=1S/C20H15N3O4S/c1-25-14-4-2-3-12(7-14)15-9-23-16(10-28-20(23)22-15)19(24)21-13-5-6-17-18(8-13)27-11-26-17/h2-10H,11H2,1H3,(H,21,24). The van der Waals surface area contributed by atoms with Crippen LogP contribution in [-0.4, -0.2) is 29.2 Å². The van der Waals surface area contributed by atoms with E-state index in [0.29, 0.717) is 22.9 Å². The molecule has 0 saturated carbocycles. The molecule has 1 aliphatic rings. The van der Waals surface area contributed by atoms with Crippen molar-refractivity contribution in [2.24, 2.45) is 0 Å². The van der Waals surface area contributed by atoms with Crippen LogP contribution in [-0.2, 0) is 0 Å². The molecule has 28 heavy (non-hydrogen) atoms. The predicted molar refractivity (Wildman–Crippen MR) is 106 cm³/mol. The van der Waals surface area contributed by atoms with Crippen LogP contribution in [0.4, 0.5) is 5.69 Å². The van der Waals surface area contributed by atoms with Crippen LogP contribution in [0.2, 0.25) is 0 Å². The van der Waals surface area contributed by atoms with Gasteiger partial charge in [-0.3, -0.25) is 9.20 Å². The van der Waals surface area contributed by atoms with Crippen LogP contribution >= 0.6 is 11.3 Å². The smallest absolute Gasteiger partial charge is 0.273 e. The molecule has 0 unspecified atom stereocenters. The number of imidazole rings is 1. The SMILES string of the molecule is COc1cccc(-c2cn3c(C(=O)Nc4ccc5c(c4)OCO5)csc3n2)c1. The molecule has 1 aliphatic heterocycles. The van der Waals surface area contributed by atoms with Crippen LogP contribution in [0.5, 0.6) is 17.2 Å². The number of carbonyl (C=O) groups is 1. The van der Waals surface area contributed by atoms with E-state index in [1.165, 1.54) is 11.3 Å². The summed E-state index contributed by atoms with van der Waals surface area (Å²) in [6.45, 7) is 0.194. The van der Waals surface area contributed by atoms with Crippen LogP contribution in [0.15, 0.2) is 54.0 Å². The van der Waals surface area contributed by atoms with Crippen LogP contribution in [0.25, 0.3) is 16.2 Å². The number of nitrogens with one attached hydrogen (secondary N) is 1. The van der Waals surface area contributed by atoms with E-state index in [2.05, 4.69) is 10.3 Å². The zero-order chi connectivity index (χ0) is 19.1. The molecule has 2 aromatic carbocycles. The molecule has 0 radical (unpaired) electrons. The van der Waals surface area contributed by atoms with Crippen molar-refractivity contribution in [3.63, 3.8) is 0 Å². The maximum absolute atomic E-state index is 12.8. The van der Waals surface area contributed by atoms with Gasteiger partial charge in [0.05, 0.1) is 12.8 Å². The Bertz CT molecular complexity index is 1200. The van der Waals surface area contributed by atoms with Gasteiger partial charge in [0.2, 0.25) is 6.79 Å². The van der Waals surface area contributed by atoms with Gasteiger partial charge in [-0.1, -0.05) is 12.1 Å². The fraction of sp³-hybridized carbons (Fsp3) is 0.100. The summed E-state index contributed by atoms with van der Waals surface area (Å²) in [5, 5.41) is 4.69. The Morgan fingerprint density at radius 1 is 1.21 bits per heavy atom. The molecule has 0 atom stereocenters. The quantitative estimate of drug-likeness (QED) is 0.566. The first-order valence-corrected chi connectivity index (χ1v) is 9.41. The van der Waals surface area contributed by atoms with Gasteiger partial charge < -0.3 is 19.5 Å². The Hall–Kier alpha value is -3.52. The number of methoxy groups -OCH3 is 1. The maximum Gasteiger partial charge on any atom is 0.273 e. The van der Waals surface area contributed by atoms with E-state index in [-0.39, 0.29) is 12.7 Å². The largest absolute Gasteiger partial charge is 0.497 e. The fourth-order valence-corrected chi connectivity index (χ4v) is 3.89. The van der Waals surface area contributed by atoms with E-state index in [1.54, 1.807) is 35.1 Å². The van der Waals surface area contributed by atoms with E-state index >= 15 is 0 Å². The normalized spacial score (nSPS) is 12.3. The van der Waals surface area contributed by atoms with Crippen molar-refractivity contribution in [3.8, 4) is 28.5 Å². The number of thiazole rings is 1. The van der Waals surface area contributed by atoms with E-state index < -0.39 is 0 Å². The number of carbonyl (C=O) groups excluding carboxylic acids is 1. The number of hydrogen-bond donors (Lipinski definition) is 1. The molecule has 0 spiro atoms. The third-order valence-electron chi connectivity index (χ3n) is 4.44. The average Bonchev–Trinajstić information content (AvgIpc) is 3.42. The summed E-state index contributed by atoms with van der Waals surface area (Å²) in [7, 11) is 1.63. The molecule has 140 valence electrons. The molecule has 7 nitrogen and oxygen atoms in total. The van der Waals surface area contributed by atoms with Crippen LogP contribution in [0.3, 0.4) is 0 Å². The lowest BCUT2D eigenvalue weighted by Crippen LogP contribution is -2.13. The Morgan fingerprint density at radius 3 is 3.00 bits per heavy atom. The number of nitrogens with zero attached hydrogens (tertiary/aromatic N) is 2. The van der Waals surface area contributed by atoms with Gasteiger partial charge in [0.25, 0.3) is 5.91 Å². The van der Waals surface area contributed by atoms with Gasteiger partial charge in [-0.2, -0.15) is 0 Å². The average molecular weight is 393 g/mol. The highest BCUT2D eigenvalue weighted by Gasteiger charge is 2.18. The Kier molecular flexibility index (Phi) is 3.91. The summed E-state index contributed by atoms with van der Waals surface area (Å²) in [5.41, 5.74) is 2.86. The van der Waals surface area contributed by atoms with Gasteiger partial charge in [-0.15, -0.1) is 11.3 Å². The van der Waals surface area contributed by atoms with Gasteiger partial charge >= 0.3 is 0 Å². The molecule has 5 rings (SSSR count). The molecule has 0 aliphatic carbocycles. The minimum Gasteiger partial charge on any atom is -0.497 e. The highest BCUT2D eigenvalue weighted by atomic mass is 32.1. The highest BCUT2D eigenvalue weighted by molar-refractivity contribution is 7.15. The van der Waals surface area contributed by atoms with Crippen molar-refractivity contribution in [2.45, 2.75) is 0 Å². The lowest BCUT2D eigenvalue weighted by atomic mass is 10.1. The fourth-order valence-electron chi connectivity index (χ4n) is 3.04. The summed E-state index contributed by atoms with van der Waals surface area (Å²) >= 11 is 1.41. The topological polar surface area (TPSA) is 74.1 Å². The number of anilines is 1. The third-order valence-corrected chi connectivity index (χ3v) is 5.28. The third kappa shape index (κ3) is 2.84. The number of fused-ring (bicyclic) bond motifs is 2. The minimum atomic E-state index is -0.222. The van der Waals surface area contributed by atoms with Crippen molar-refractivity contribution < 1.29 is 19.0 Å². The molecule has 0 fully saturated rings. The molecule has 4 aromatic rings. The Balaban J connectivity index is 1.44. The van der Waals surface area contributed by atoms with E-state index in [4.69, 9.17) is 14.2 Å². The molecule has 2 aromatic heterocycles. The van der Waals surface area contributed by atoms with Crippen molar-refractivity contribution in [1.82, 2.24) is 9.38 Å². The summed E-state index contributed by atoms with van der Waals surface area (Å²) in [5.74, 6) is 1.83. The van der Waals surface area contributed by atoms with Gasteiger partial charge in [-0.05, 0) is 24.3 Å². The summed E-state index contributed by atoms with van der Waals surface area (Å²) in [4.78, 5) is 18.2. The van der Waals surface area contributed by atoms with Crippen molar-refractivity contribution >= 4 is 27.9 Å². The van der Waals surface area contributed by atoms with Gasteiger partial charge in [0.1, 0.15) is 11.4 Å². The van der Waals surface area contributed by atoms with Gasteiger partial charge in [0, 0.05) is 28.9 Å². The monoisotopic (exact) mass is 393 g/mol. The van der Waals surface area contributed by atoms with Crippen molar-refractivity contribution in [3.05, 3.63) is 59.7 Å². The van der Waals surface area contributed by atoms with Crippen molar-refractivity contribution in [1.29, 1.82) is 0 Å². The first-order chi connectivity index (χ1) is 13.7. The predicted octanol–water partition coefficient (Wildman–Crippen LogP) is 4.05. The molecular formula is C20H15N3O4S. The van der Waals surface area contributed by atoms with E-state index in [9.17, 15) is 4.79 Å². The zero-order valence-electron chi connectivity index (χ0n) is 14.8. The second-order valence-corrected chi connectivity index (χ2v) is 6.99. The van der Waals surface area contributed by atoms with Gasteiger partial charge in [-0.25, -0.2) is 4.98 Å². The van der Waals surface area contributed by atoms with E-state index in [1.807, 2.05) is 30.5 Å². The highest BCUT2D eigenvalue weighted by Crippen LogP contribution is 2.34. The lowest BCUT2D eigenvalue weighted by Gasteiger charge is -2.05. The summed E-state index contributed by atoms with van der Waals surface area (Å²) in [6.07, 6.45) is 1.86. The molecule has 3 heterocycles. The lowest BCUT2D eigenvalue weighted by molar-refractivity contribution is 0.102.